The average Bonchev–Trinajstić information content (AvgIpc) is 2.72. The minimum absolute atomic E-state index is 0.656. The highest BCUT2D eigenvalue weighted by Crippen LogP contribution is 2.20. The van der Waals surface area contributed by atoms with Crippen molar-refractivity contribution in [2.45, 2.75) is 0 Å². The maximum Gasteiger partial charge on any atom is 0.120 e. The lowest BCUT2D eigenvalue weighted by atomic mass is 10.3. The number of nitriles is 1. The van der Waals surface area contributed by atoms with Crippen LogP contribution < -0.4 is 0 Å². The zero-order chi connectivity index (χ0) is 9.26. The molecule has 0 saturated carbocycles. The first-order valence-electron chi connectivity index (χ1n) is 3.77. The smallest absolute Gasteiger partial charge is 0.120 e. The molecule has 0 aliphatic heterocycles. The van der Waals surface area contributed by atoms with Crippen molar-refractivity contribution in [3.63, 3.8) is 0 Å². The van der Waals surface area contributed by atoms with Crippen molar-refractivity contribution in [3.05, 3.63) is 28.7 Å². The molecule has 0 unspecified atom stereocenters. The van der Waals surface area contributed by atoms with E-state index in [1.165, 1.54) is 0 Å². The summed E-state index contributed by atoms with van der Waals surface area (Å²) in [6.07, 6.45) is 0. The Morgan fingerprint density at radius 3 is 2.92 bits per heavy atom. The van der Waals surface area contributed by atoms with E-state index in [0.29, 0.717) is 5.69 Å². The molecule has 2 aromatic heterocycles. The first-order chi connectivity index (χ1) is 6.33. The van der Waals surface area contributed by atoms with Gasteiger partial charge in [-0.05, 0) is 12.1 Å². The lowest BCUT2D eigenvalue weighted by molar-refractivity contribution is 0.913. The maximum absolute atomic E-state index is 8.74. The summed E-state index contributed by atoms with van der Waals surface area (Å²) in [7, 11) is 1.87. The van der Waals surface area contributed by atoms with Gasteiger partial charge in [-0.3, -0.25) is 0 Å². The molecule has 0 saturated heterocycles. The normalized spacial score (nSPS) is 9.85. The molecule has 4 heteroatoms. The molecule has 0 amide bonds. The van der Waals surface area contributed by atoms with Crippen LogP contribution in [0, 0.1) is 11.3 Å². The van der Waals surface area contributed by atoms with Crippen molar-refractivity contribution in [2.75, 3.05) is 0 Å². The molecule has 0 aromatic carbocycles. The van der Waals surface area contributed by atoms with Gasteiger partial charge >= 0.3 is 0 Å². The van der Waals surface area contributed by atoms with Crippen molar-refractivity contribution in [1.29, 1.82) is 5.26 Å². The minimum atomic E-state index is 0.656. The molecule has 0 fully saturated rings. The summed E-state index contributed by atoms with van der Waals surface area (Å²) in [4.78, 5) is 4.18. The molecule has 0 atom stereocenters. The van der Waals surface area contributed by atoms with Crippen LogP contribution in [0.4, 0.5) is 0 Å². The topological polar surface area (TPSA) is 41.6 Å². The molecule has 2 heterocycles. The highest BCUT2D eigenvalue weighted by atomic mass is 32.1. The average molecular weight is 189 g/mol. The quantitative estimate of drug-likeness (QED) is 0.688. The Balaban J connectivity index is 2.55. The van der Waals surface area contributed by atoms with Gasteiger partial charge < -0.3 is 4.57 Å². The van der Waals surface area contributed by atoms with E-state index in [9.17, 15) is 0 Å². The zero-order valence-corrected chi connectivity index (χ0v) is 7.88. The molecule has 0 bridgehead atoms. The van der Waals surface area contributed by atoms with E-state index in [-0.39, 0.29) is 0 Å². The summed E-state index contributed by atoms with van der Waals surface area (Å²) in [5, 5.41) is 10.7. The lowest BCUT2D eigenvalue weighted by Crippen LogP contribution is -1.94. The van der Waals surface area contributed by atoms with E-state index in [1.54, 1.807) is 22.9 Å². The summed E-state index contributed by atoms with van der Waals surface area (Å²) in [6.45, 7) is 0. The van der Waals surface area contributed by atoms with Crippen LogP contribution in [0.1, 0.15) is 5.69 Å². The fourth-order valence-electron chi connectivity index (χ4n) is 1.22. The van der Waals surface area contributed by atoms with E-state index >= 15 is 0 Å². The summed E-state index contributed by atoms with van der Waals surface area (Å²) < 4.78 is 1.84. The fraction of sp³-hybridized carbons (Fsp3) is 0.111. The van der Waals surface area contributed by atoms with Crippen LogP contribution in [0.15, 0.2) is 23.0 Å². The first kappa shape index (κ1) is 8.02. The van der Waals surface area contributed by atoms with Crippen molar-refractivity contribution in [3.8, 4) is 17.5 Å². The number of hydrogen-bond donors (Lipinski definition) is 0. The number of nitrogens with zero attached hydrogens (tertiary/aromatic N) is 3. The van der Waals surface area contributed by atoms with Gasteiger partial charge in [0.1, 0.15) is 11.8 Å². The maximum atomic E-state index is 8.74. The van der Waals surface area contributed by atoms with Gasteiger partial charge in [-0.2, -0.15) is 5.26 Å². The third-order valence-corrected chi connectivity index (χ3v) is 2.52. The van der Waals surface area contributed by atoms with Crippen LogP contribution in [0.5, 0.6) is 0 Å². The fourth-order valence-corrected chi connectivity index (χ4v) is 1.77. The molecule has 13 heavy (non-hydrogen) atoms. The zero-order valence-electron chi connectivity index (χ0n) is 7.06. The number of hydrogen-bond acceptors (Lipinski definition) is 3. The molecule has 0 aliphatic rings. The summed E-state index contributed by atoms with van der Waals surface area (Å²) in [6, 6.07) is 5.83. The second kappa shape index (κ2) is 3.04. The van der Waals surface area contributed by atoms with Crippen LogP contribution in [-0.4, -0.2) is 9.55 Å². The van der Waals surface area contributed by atoms with Gasteiger partial charge in [-0.15, -0.1) is 11.3 Å². The predicted molar refractivity (Wildman–Crippen MR) is 51.2 cm³/mol. The van der Waals surface area contributed by atoms with Gasteiger partial charge in [0.2, 0.25) is 0 Å². The monoisotopic (exact) mass is 189 g/mol. The molecule has 0 aliphatic carbocycles. The van der Waals surface area contributed by atoms with Crippen molar-refractivity contribution >= 4 is 11.3 Å². The van der Waals surface area contributed by atoms with E-state index in [0.717, 1.165) is 11.4 Å². The van der Waals surface area contributed by atoms with Crippen molar-refractivity contribution in [2.24, 2.45) is 7.05 Å². The standard InChI is InChI=1S/C9H7N3S/c1-12-7(4-10)2-3-9(12)8-5-13-6-11-8/h2-3,5-6H,1H3. The number of rotatable bonds is 1. The van der Waals surface area contributed by atoms with Crippen LogP contribution in [-0.2, 0) is 7.05 Å². The summed E-state index contributed by atoms with van der Waals surface area (Å²) >= 11 is 1.55. The molecule has 3 nitrogen and oxygen atoms in total. The van der Waals surface area contributed by atoms with E-state index in [1.807, 2.05) is 23.1 Å². The lowest BCUT2D eigenvalue weighted by Gasteiger charge is -1.99. The first-order valence-corrected chi connectivity index (χ1v) is 4.71. The van der Waals surface area contributed by atoms with Gasteiger partial charge in [0, 0.05) is 12.4 Å². The van der Waals surface area contributed by atoms with Gasteiger partial charge in [-0.1, -0.05) is 0 Å². The Labute approximate surface area is 79.9 Å². The van der Waals surface area contributed by atoms with Crippen LogP contribution in [0.2, 0.25) is 0 Å². The third-order valence-electron chi connectivity index (χ3n) is 1.93. The Hall–Kier alpha value is -1.60. The van der Waals surface area contributed by atoms with E-state index < -0.39 is 0 Å². The highest BCUT2D eigenvalue weighted by molar-refractivity contribution is 7.07. The number of thiazole rings is 1. The van der Waals surface area contributed by atoms with E-state index in [2.05, 4.69) is 11.1 Å². The van der Waals surface area contributed by atoms with Crippen LogP contribution in [0.3, 0.4) is 0 Å². The van der Waals surface area contributed by atoms with Crippen molar-refractivity contribution in [1.82, 2.24) is 9.55 Å². The Bertz CT molecular complexity index is 448. The molecule has 64 valence electrons. The molecule has 2 rings (SSSR count). The van der Waals surface area contributed by atoms with Gasteiger partial charge in [0.25, 0.3) is 0 Å². The van der Waals surface area contributed by atoms with Gasteiger partial charge in [0.15, 0.2) is 0 Å². The van der Waals surface area contributed by atoms with E-state index in [4.69, 9.17) is 5.26 Å². The molecule has 2 aromatic rings. The molecule has 0 radical (unpaired) electrons. The second-order valence-electron chi connectivity index (χ2n) is 2.65. The van der Waals surface area contributed by atoms with Crippen LogP contribution >= 0.6 is 11.3 Å². The molecular formula is C9H7N3S. The SMILES string of the molecule is Cn1c(C#N)ccc1-c1cscn1. The second-order valence-corrected chi connectivity index (χ2v) is 3.37. The van der Waals surface area contributed by atoms with Gasteiger partial charge in [0.05, 0.1) is 16.9 Å². The molecular weight excluding hydrogens is 182 g/mol. The Morgan fingerprint density at radius 1 is 1.54 bits per heavy atom. The predicted octanol–water partition coefficient (Wildman–Crippen LogP) is 2.02. The highest BCUT2D eigenvalue weighted by Gasteiger charge is 2.06. The molecule has 0 spiro atoms. The number of aromatic nitrogens is 2. The Kier molecular flexibility index (Phi) is 1.87. The summed E-state index contributed by atoms with van der Waals surface area (Å²) in [5.74, 6) is 0. The van der Waals surface area contributed by atoms with Gasteiger partial charge in [-0.25, -0.2) is 4.98 Å². The van der Waals surface area contributed by atoms with Crippen molar-refractivity contribution < 1.29 is 0 Å². The third kappa shape index (κ3) is 1.23. The minimum Gasteiger partial charge on any atom is -0.334 e. The Morgan fingerprint density at radius 2 is 2.38 bits per heavy atom. The summed E-state index contributed by atoms with van der Waals surface area (Å²) in [5.41, 5.74) is 4.35. The molecule has 0 N–H and O–H groups in total. The van der Waals surface area contributed by atoms with Crippen LogP contribution in [0.25, 0.3) is 11.4 Å². The largest absolute Gasteiger partial charge is 0.334 e.